The van der Waals surface area contributed by atoms with Crippen LogP contribution in [-0.2, 0) is 15.1 Å². The lowest BCUT2D eigenvalue weighted by atomic mass is 9.70. The predicted molar refractivity (Wildman–Crippen MR) is 88.4 cm³/mol. The molecule has 2 N–H and O–H groups in total. The molecular weight excluding hydrogens is 320 g/mol. The number of benzene rings is 2. The highest BCUT2D eigenvalue weighted by Crippen LogP contribution is 2.59. The molecule has 0 aromatic heterocycles. The van der Waals surface area contributed by atoms with Crippen molar-refractivity contribution in [1.29, 1.82) is 0 Å². The van der Waals surface area contributed by atoms with Crippen LogP contribution in [0.1, 0.15) is 11.1 Å². The van der Waals surface area contributed by atoms with Crippen molar-refractivity contribution in [3.8, 4) is 23.0 Å². The van der Waals surface area contributed by atoms with Gasteiger partial charge in [-0.25, -0.2) is 0 Å². The second-order valence-corrected chi connectivity index (χ2v) is 6.44. The number of ether oxygens (including phenoxy) is 2. The number of phenols is 2. The Labute approximate surface area is 143 Å². The molecule has 0 saturated carbocycles. The summed E-state index contributed by atoms with van der Waals surface area (Å²) in [6.45, 7) is 0. The molecule has 1 aliphatic carbocycles. The minimum atomic E-state index is -1.05. The molecule has 5 nitrogen and oxygen atoms in total. The summed E-state index contributed by atoms with van der Waals surface area (Å²) < 4.78 is 11.9. The number of esters is 1. The number of aromatic hydroxyl groups is 2. The quantitative estimate of drug-likeness (QED) is 0.723. The number of fused-ring (bicyclic) bond motifs is 6. The van der Waals surface area contributed by atoms with E-state index >= 15 is 0 Å². The average molecular weight is 334 g/mol. The van der Waals surface area contributed by atoms with Gasteiger partial charge in [0.05, 0.1) is 5.92 Å². The number of rotatable bonds is 0. The molecule has 2 aliphatic heterocycles. The number of phenolic OH excluding ortho intramolecular Hbond substituents is 2. The van der Waals surface area contributed by atoms with Gasteiger partial charge in [0.15, 0.2) is 5.60 Å². The van der Waals surface area contributed by atoms with Crippen LogP contribution in [0, 0.1) is 11.8 Å². The smallest absolute Gasteiger partial charge is 0.314 e. The molecule has 0 radical (unpaired) electrons. The molecule has 2 heterocycles. The number of carbonyl (C=O) groups excluding carboxylic acids is 1. The Morgan fingerprint density at radius 1 is 0.880 bits per heavy atom. The summed E-state index contributed by atoms with van der Waals surface area (Å²) >= 11 is 0. The summed E-state index contributed by atoms with van der Waals surface area (Å²) in [4.78, 5) is 12.6. The Bertz CT molecular complexity index is 921. The molecular formula is C20H14O5. The summed E-state index contributed by atoms with van der Waals surface area (Å²) in [5.41, 5.74) is 0.321. The highest BCUT2D eigenvalue weighted by molar-refractivity contribution is 5.82. The number of allylic oxidation sites excluding steroid dienone is 2. The molecule has 1 saturated heterocycles. The zero-order chi connectivity index (χ0) is 17.2. The largest absolute Gasteiger partial charge is 0.508 e. The highest BCUT2D eigenvalue weighted by Gasteiger charge is 2.59. The first-order chi connectivity index (χ1) is 12.1. The first-order valence-electron chi connectivity index (χ1n) is 8.02. The summed E-state index contributed by atoms with van der Waals surface area (Å²) in [5, 5.41) is 19.7. The van der Waals surface area contributed by atoms with Crippen LogP contribution in [0.25, 0.3) is 0 Å². The Kier molecular flexibility index (Phi) is 2.64. The van der Waals surface area contributed by atoms with Crippen molar-refractivity contribution in [2.45, 2.75) is 5.60 Å². The number of carbonyl (C=O) groups is 1. The first kappa shape index (κ1) is 14.2. The van der Waals surface area contributed by atoms with Crippen molar-refractivity contribution < 1.29 is 24.5 Å². The third-order valence-corrected chi connectivity index (χ3v) is 5.09. The fourth-order valence-electron chi connectivity index (χ4n) is 4.05. The van der Waals surface area contributed by atoms with Gasteiger partial charge in [0.1, 0.15) is 23.0 Å². The maximum atomic E-state index is 12.6. The Morgan fingerprint density at radius 3 is 2.12 bits per heavy atom. The highest BCUT2D eigenvalue weighted by atomic mass is 16.6. The van der Waals surface area contributed by atoms with Gasteiger partial charge in [-0.1, -0.05) is 24.3 Å². The van der Waals surface area contributed by atoms with Crippen LogP contribution >= 0.6 is 0 Å². The van der Waals surface area contributed by atoms with E-state index in [0.717, 1.165) is 0 Å². The summed E-state index contributed by atoms with van der Waals surface area (Å²) in [6.07, 6.45) is 7.56. The SMILES string of the molecule is O=C1OC2(c3ccc(O)cc3Oc3cc(O)ccc32)C2C=CC=C[C@H]12. The van der Waals surface area contributed by atoms with Gasteiger partial charge in [0, 0.05) is 29.2 Å². The van der Waals surface area contributed by atoms with Crippen molar-refractivity contribution in [2.75, 3.05) is 0 Å². The second-order valence-electron chi connectivity index (χ2n) is 6.44. The van der Waals surface area contributed by atoms with E-state index < -0.39 is 5.60 Å². The summed E-state index contributed by atoms with van der Waals surface area (Å²) in [5.74, 6) is 0.0105. The van der Waals surface area contributed by atoms with E-state index in [-0.39, 0.29) is 29.3 Å². The van der Waals surface area contributed by atoms with Gasteiger partial charge in [0.25, 0.3) is 0 Å². The molecule has 0 amide bonds. The van der Waals surface area contributed by atoms with Gasteiger partial charge in [-0.3, -0.25) is 4.79 Å². The van der Waals surface area contributed by atoms with E-state index in [2.05, 4.69) is 0 Å². The van der Waals surface area contributed by atoms with Gasteiger partial charge in [-0.05, 0) is 24.3 Å². The fraction of sp³-hybridized carbons (Fsp3) is 0.150. The van der Waals surface area contributed by atoms with Crippen molar-refractivity contribution in [3.63, 3.8) is 0 Å². The van der Waals surface area contributed by atoms with Gasteiger partial charge in [0.2, 0.25) is 0 Å². The summed E-state index contributed by atoms with van der Waals surface area (Å²) in [7, 11) is 0. The molecule has 2 atom stereocenters. The van der Waals surface area contributed by atoms with E-state index in [1.54, 1.807) is 24.3 Å². The average Bonchev–Trinajstić information content (AvgIpc) is 2.88. The van der Waals surface area contributed by atoms with E-state index in [4.69, 9.17) is 9.47 Å². The molecule has 0 bridgehead atoms. The van der Waals surface area contributed by atoms with E-state index in [9.17, 15) is 15.0 Å². The molecule has 3 aliphatic rings. The third kappa shape index (κ3) is 1.75. The molecule has 1 fully saturated rings. The van der Waals surface area contributed by atoms with E-state index in [0.29, 0.717) is 22.6 Å². The molecule has 1 spiro atoms. The van der Waals surface area contributed by atoms with Crippen LogP contribution in [0.4, 0.5) is 0 Å². The molecule has 25 heavy (non-hydrogen) atoms. The minimum absolute atomic E-state index is 0.0532. The first-order valence-corrected chi connectivity index (χ1v) is 8.02. The van der Waals surface area contributed by atoms with Crippen LogP contribution < -0.4 is 4.74 Å². The second kappa shape index (κ2) is 4.66. The molecule has 5 heteroatoms. The van der Waals surface area contributed by atoms with E-state index in [1.165, 1.54) is 12.1 Å². The van der Waals surface area contributed by atoms with Gasteiger partial charge in [-0.15, -0.1) is 0 Å². The van der Waals surface area contributed by atoms with Crippen LogP contribution in [0.15, 0.2) is 60.7 Å². The van der Waals surface area contributed by atoms with Gasteiger partial charge < -0.3 is 19.7 Å². The van der Waals surface area contributed by atoms with Crippen LogP contribution in [0.5, 0.6) is 23.0 Å². The maximum absolute atomic E-state index is 12.6. The van der Waals surface area contributed by atoms with Gasteiger partial charge in [-0.2, -0.15) is 0 Å². The Hall–Kier alpha value is -3.21. The standard InChI is InChI=1S/C20H14O5/c21-11-5-7-15-17(9-11)24-18-10-12(22)6-8-16(18)20(15)14-4-2-1-3-13(14)19(23)25-20/h1-10,13-14,21-22H/t13-,14?/m0/s1. The van der Waals surface area contributed by atoms with E-state index in [1.807, 2.05) is 24.3 Å². The number of hydrogen-bond donors (Lipinski definition) is 2. The lowest BCUT2D eigenvalue weighted by Gasteiger charge is -2.39. The monoisotopic (exact) mass is 334 g/mol. The minimum Gasteiger partial charge on any atom is -0.508 e. The predicted octanol–water partition coefficient (Wildman–Crippen LogP) is 3.36. The zero-order valence-corrected chi connectivity index (χ0v) is 13.0. The lowest BCUT2D eigenvalue weighted by Crippen LogP contribution is -2.37. The van der Waals surface area contributed by atoms with Crippen LogP contribution in [-0.4, -0.2) is 16.2 Å². The lowest BCUT2D eigenvalue weighted by molar-refractivity contribution is -0.148. The van der Waals surface area contributed by atoms with Crippen molar-refractivity contribution in [2.24, 2.45) is 11.8 Å². The molecule has 124 valence electrons. The molecule has 5 rings (SSSR count). The Morgan fingerprint density at radius 2 is 1.48 bits per heavy atom. The summed E-state index contributed by atoms with van der Waals surface area (Å²) in [6, 6.07) is 9.55. The fourth-order valence-corrected chi connectivity index (χ4v) is 4.05. The van der Waals surface area contributed by atoms with Crippen LogP contribution in [0.2, 0.25) is 0 Å². The zero-order valence-electron chi connectivity index (χ0n) is 13.0. The Balaban J connectivity index is 1.84. The third-order valence-electron chi connectivity index (χ3n) is 5.09. The van der Waals surface area contributed by atoms with Crippen LogP contribution in [0.3, 0.4) is 0 Å². The number of hydrogen-bond acceptors (Lipinski definition) is 5. The molecule has 2 aromatic rings. The molecule has 1 unspecified atom stereocenters. The molecule has 2 aromatic carbocycles. The van der Waals surface area contributed by atoms with Crippen molar-refractivity contribution >= 4 is 5.97 Å². The van der Waals surface area contributed by atoms with Crippen molar-refractivity contribution in [3.05, 3.63) is 71.8 Å². The van der Waals surface area contributed by atoms with Gasteiger partial charge >= 0.3 is 5.97 Å². The normalized spacial score (nSPS) is 24.2. The maximum Gasteiger partial charge on any atom is 0.314 e. The van der Waals surface area contributed by atoms with Crippen molar-refractivity contribution in [1.82, 2.24) is 0 Å². The topological polar surface area (TPSA) is 76.0 Å².